The van der Waals surface area contributed by atoms with E-state index in [0.29, 0.717) is 11.0 Å². The minimum absolute atomic E-state index is 0.128. The Bertz CT molecular complexity index is 524. The highest BCUT2D eigenvalue weighted by molar-refractivity contribution is 6.31. The average Bonchev–Trinajstić information content (AvgIpc) is 2.40. The molecule has 2 N–H and O–H groups in total. The quantitative estimate of drug-likeness (QED) is 0.831. The molecule has 0 spiro atoms. The second-order valence-electron chi connectivity index (χ2n) is 5.11. The molecule has 0 aromatic carbocycles. The smallest absolute Gasteiger partial charge is 0.202 e. The Hall–Kier alpha value is -1.29. The minimum Gasteiger partial charge on any atom is -0.369 e. The van der Waals surface area contributed by atoms with E-state index in [1.54, 1.807) is 12.3 Å². The summed E-state index contributed by atoms with van der Waals surface area (Å²) in [5, 5.41) is 0.577. The van der Waals surface area contributed by atoms with Gasteiger partial charge in [-0.2, -0.15) is 0 Å². The predicted molar refractivity (Wildman–Crippen MR) is 66.4 cm³/mol. The third-order valence-corrected chi connectivity index (χ3v) is 2.42. The van der Waals surface area contributed by atoms with Gasteiger partial charge < -0.3 is 5.73 Å². The van der Waals surface area contributed by atoms with Gasteiger partial charge in [0.15, 0.2) is 5.65 Å². The molecule has 86 valence electrons. The van der Waals surface area contributed by atoms with E-state index in [4.69, 9.17) is 17.3 Å². The normalized spacial score (nSPS) is 12.2. The van der Waals surface area contributed by atoms with Gasteiger partial charge in [-0.3, -0.25) is 4.57 Å². The molecule has 2 aromatic heterocycles. The van der Waals surface area contributed by atoms with Gasteiger partial charge in [-0.05, 0) is 11.5 Å². The lowest BCUT2D eigenvalue weighted by Crippen LogP contribution is -2.17. The van der Waals surface area contributed by atoms with Gasteiger partial charge in [-0.1, -0.05) is 32.4 Å². The molecule has 0 saturated heterocycles. The number of hydrogen-bond acceptors (Lipinski definition) is 3. The summed E-state index contributed by atoms with van der Waals surface area (Å²) in [6.07, 6.45) is 1.62. The van der Waals surface area contributed by atoms with E-state index < -0.39 is 0 Å². The highest BCUT2D eigenvalue weighted by Crippen LogP contribution is 2.24. The first-order chi connectivity index (χ1) is 7.37. The van der Waals surface area contributed by atoms with E-state index in [9.17, 15) is 0 Å². The molecule has 4 nitrogen and oxygen atoms in total. The molecule has 0 amide bonds. The van der Waals surface area contributed by atoms with E-state index in [1.165, 1.54) is 0 Å². The Balaban J connectivity index is 2.56. The molecule has 0 atom stereocenters. The van der Waals surface area contributed by atoms with Crippen molar-refractivity contribution in [1.82, 2.24) is 14.5 Å². The van der Waals surface area contributed by atoms with E-state index >= 15 is 0 Å². The SMILES string of the molecule is CC(C)(C)Cn1c(N)nc2cc(Cl)cnc21. The van der Waals surface area contributed by atoms with Crippen LogP contribution in [0.4, 0.5) is 5.95 Å². The third-order valence-electron chi connectivity index (χ3n) is 2.21. The first kappa shape index (κ1) is 11.2. The molecule has 0 bridgehead atoms. The number of nitrogens with two attached hydrogens (primary N) is 1. The number of hydrogen-bond donors (Lipinski definition) is 1. The summed E-state index contributed by atoms with van der Waals surface area (Å²) in [5.74, 6) is 0.486. The molecule has 0 aliphatic rings. The van der Waals surface area contributed by atoms with Crippen molar-refractivity contribution in [2.24, 2.45) is 5.41 Å². The largest absolute Gasteiger partial charge is 0.369 e. The van der Waals surface area contributed by atoms with Crippen LogP contribution in [0.3, 0.4) is 0 Å². The van der Waals surface area contributed by atoms with Crippen LogP contribution < -0.4 is 5.73 Å². The van der Waals surface area contributed by atoms with Crippen molar-refractivity contribution in [1.29, 1.82) is 0 Å². The van der Waals surface area contributed by atoms with Crippen LogP contribution in [-0.2, 0) is 6.54 Å². The summed E-state index contributed by atoms with van der Waals surface area (Å²) < 4.78 is 1.92. The maximum atomic E-state index is 5.88. The Labute approximate surface area is 99.4 Å². The number of nitrogens with zero attached hydrogens (tertiary/aromatic N) is 3. The van der Waals surface area contributed by atoms with Crippen LogP contribution in [0.25, 0.3) is 11.2 Å². The van der Waals surface area contributed by atoms with Crippen molar-refractivity contribution < 1.29 is 0 Å². The Kier molecular flexibility index (Phi) is 2.54. The number of rotatable bonds is 1. The first-order valence-electron chi connectivity index (χ1n) is 5.14. The van der Waals surface area contributed by atoms with E-state index in [0.717, 1.165) is 17.7 Å². The van der Waals surface area contributed by atoms with Crippen molar-refractivity contribution in [3.63, 3.8) is 0 Å². The topological polar surface area (TPSA) is 56.7 Å². The maximum Gasteiger partial charge on any atom is 0.202 e. The van der Waals surface area contributed by atoms with Crippen LogP contribution in [0.2, 0.25) is 5.02 Å². The fourth-order valence-corrected chi connectivity index (χ4v) is 1.79. The van der Waals surface area contributed by atoms with Crippen LogP contribution in [0, 0.1) is 5.41 Å². The molecule has 2 rings (SSSR count). The second kappa shape index (κ2) is 3.63. The summed E-state index contributed by atoms with van der Waals surface area (Å²) in [6, 6.07) is 1.78. The lowest BCUT2D eigenvalue weighted by molar-refractivity contribution is 0.350. The van der Waals surface area contributed by atoms with Crippen LogP contribution in [0.15, 0.2) is 12.3 Å². The second-order valence-corrected chi connectivity index (χ2v) is 5.55. The van der Waals surface area contributed by atoms with Crippen molar-refractivity contribution in [2.75, 3.05) is 5.73 Å². The van der Waals surface area contributed by atoms with Gasteiger partial charge >= 0.3 is 0 Å². The Morgan fingerprint density at radius 3 is 2.75 bits per heavy atom. The Morgan fingerprint density at radius 1 is 1.44 bits per heavy atom. The molecule has 16 heavy (non-hydrogen) atoms. The van der Waals surface area contributed by atoms with Gasteiger partial charge in [-0.15, -0.1) is 0 Å². The minimum atomic E-state index is 0.128. The zero-order valence-corrected chi connectivity index (χ0v) is 10.4. The standard InChI is InChI=1S/C11H15ClN4/c1-11(2,3)6-16-9-8(15-10(16)13)4-7(12)5-14-9/h4-5H,6H2,1-3H3,(H2,13,15). The lowest BCUT2D eigenvalue weighted by atomic mass is 9.97. The van der Waals surface area contributed by atoms with E-state index in [2.05, 4.69) is 30.7 Å². The average molecular weight is 239 g/mol. The van der Waals surface area contributed by atoms with Gasteiger partial charge in [0.05, 0.1) is 5.02 Å². The monoisotopic (exact) mass is 238 g/mol. The zero-order chi connectivity index (χ0) is 11.9. The number of imidazole rings is 1. The molecule has 5 heteroatoms. The third kappa shape index (κ3) is 2.11. The van der Waals surface area contributed by atoms with Crippen molar-refractivity contribution in [2.45, 2.75) is 27.3 Å². The van der Waals surface area contributed by atoms with Gasteiger partial charge in [0.2, 0.25) is 5.95 Å². The molecule has 2 heterocycles. The molecule has 0 saturated carbocycles. The molecule has 0 aliphatic carbocycles. The fourth-order valence-electron chi connectivity index (χ4n) is 1.63. The number of anilines is 1. The molecule has 0 aliphatic heterocycles. The molecular weight excluding hydrogens is 224 g/mol. The summed E-state index contributed by atoms with van der Waals surface area (Å²) in [5.41, 5.74) is 7.54. The molecular formula is C11H15ClN4. The highest BCUT2D eigenvalue weighted by Gasteiger charge is 2.17. The molecule has 0 fully saturated rings. The summed E-state index contributed by atoms with van der Waals surface area (Å²) in [6.45, 7) is 7.22. The van der Waals surface area contributed by atoms with Crippen molar-refractivity contribution in [3.8, 4) is 0 Å². The van der Waals surface area contributed by atoms with E-state index in [-0.39, 0.29) is 5.41 Å². The van der Waals surface area contributed by atoms with Crippen molar-refractivity contribution in [3.05, 3.63) is 17.3 Å². The van der Waals surface area contributed by atoms with Gasteiger partial charge in [0, 0.05) is 12.7 Å². The highest BCUT2D eigenvalue weighted by atomic mass is 35.5. The number of pyridine rings is 1. The number of aromatic nitrogens is 3. The first-order valence-corrected chi connectivity index (χ1v) is 5.52. The van der Waals surface area contributed by atoms with E-state index in [1.807, 2.05) is 4.57 Å². The zero-order valence-electron chi connectivity index (χ0n) is 9.66. The summed E-state index contributed by atoms with van der Waals surface area (Å²) in [7, 11) is 0. The fraction of sp³-hybridized carbons (Fsp3) is 0.455. The number of halogens is 1. The van der Waals surface area contributed by atoms with Crippen LogP contribution >= 0.6 is 11.6 Å². The van der Waals surface area contributed by atoms with Crippen LogP contribution in [0.5, 0.6) is 0 Å². The Morgan fingerprint density at radius 2 is 2.12 bits per heavy atom. The number of nitrogen functional groups attached to an aromatic ring is 1. The molecule has 2 aromatic rings. The predicted octanol–water partition coefficient (Wildman–Crippen LogP) is 2.71. The van der Waals surface area contributed by atoms with Gasteiger partial charge in [-0.25, -0.2) is 9.97 Å². The molecule has 0 radical (unpaired) electrons. The van der Waals surface area contributed by atoms with Gasteiger partial charge in [0.25, 0.3) is 0 Å². The van der Waals surface area contributed by atoms with Crippen LogP contribution in [0.1, 0.15) is 20.8 Å². The molecule has 0 unspecified atom stereocenters. The van der Waals surface area contributed by atoms with Gasteiger partial charge in [0.1, 0.15) is 5.52 Å². The summed E-state index contributed by atoms with van der Waals surface area (Å²) >= 11 is 5.86. The number of fused-ring (bicyclic) bond motifs is 1. The lowest BCUT2D eigenvalue weighted by Gasteiger charge is -2.19. The van der Waals surface area contributed by atoms with Crippen LogP contribution in [-0.4, -0.2) is 14.5 Å². The van der Waals surface area contributed by atoms with Crippen molar-refractivity contribution >= 4 is 28.7 Å². The summed E-state index contributed by atoms with van der Waals surface area (Å²) in [4.78, 5) is 8.53. The maximum absolute atomic E-state index is 5.88.